The smallest absolute Gasteiger partial charge is 0.146 e. The van der Waals surface area contributed by atoms with Crippen LogP contribution in [0.25, 0.3) is 0 Å². The van der Waals surface area contributed by atoms with Crippen LogP contribution in [-0.2, 0) is 13.1 Å². The van der Waals surface area contributed by atoms with E-state index in [0.29, 0.717) is 18.7 Å². The van der Waals surface area contributed by atoms with E-state index in [1.54, 1.807) is 24.5 Å². The number of hydrogen-bond donors (Lipinski definition) is 1. The van der Waals surface area contributed by atoms with Crippen LogP contribution in [0.1, 0.15) is 11.3 Å². The van der Waals surface area contributed by atoms with E-state index in [0.717, 1.165) is 5.69 Å². The lowest BCUT2D eigenvalue weighted by Crippen LogP contribution is -2.05. The molecule has 1 N–H and O–H groups in total. The molecule has 6 heteroatoms. The Morgan fingerprint density at radius 1 is 1.44 bits per heavy atom. The highest BCUT2D eigenvalue weighted by atomic mass is 35.5. The van der Waals surface area contributed by atoms with Crippen molar-refractivity contribution >= 4 is 24.0 Å². The number of nitrogens with one attached hydrogen (secondary N) is 1. The van der Waals surface area contributed by atoms with Gasteiger partial charge < -0.3 is 9.88 Å². The summed E-state index contributed by atoms with van der Waals surface area (Å²) in [6.45, 7) is 1.13. The molecular formula is C12H14Cl2FN3. The lowest BCUT2D eigenvalue weighted by molar-refractivity contribution is 0.599. The van der Waals surface area contributed by atoms with Crippen molar-refractivity contribution in [1.29, 1.82) is 0 Å². The predicted octanol–water partition coefficient (Wildman–Crippen LogP) is 2.87. The summed E-state index contributed by atoms with van der Waals surface area (Å²) in [5.74, 6) is -0.363. The molecule has 0 atom stereocenters. The summed E-state index contributed by atoms with van der Waals surface area (Å²) in [6.07, 6.45) is 3.57. The summed E-state index contributed by atoms with van der Waals surface area (Å²) in [5.41, 5.74) is 1.49. The zero-order valence-electron chi connectivity index (χ0n) is 9.86. The third-order valence-corrected chi connectivity index (χ3v) is 2.72. The van der Waals surface area contributed by atoms with Crippen LogP contribution in [0.15, 0.2) is 30.7 Å². The van der Waals surface area contributed by atoms with E-state index < -0.39 is 0 Å². The highest BCUT2D eigenvalue weighted by Gasteiger charge is 2.07. The fourth-order valence-corrected chi connectivity index (χ4v) is 1.83. The van der Waals surface area contributed by atoms with Gasteiger partial charge in [-0.25, -0.2) is 9.37 Å². The van der Waals surface area contributed by atoms with Gasteiger partial charge in [-0.3, -0.25) is 0 Å². The van der Waals surface area contributed by atoms with Crippen molar-refractivity contribution in [3.8, 4) is 0 Å². The molecule has 0 amide bonds. The van der Waals surface area contributed by atoms with Crippen molar-refractivity contribution in [2.24, 2.45) is 0 Å². The minimum absolute atomic E-state index is 0. The SMILES string of the molecule is CNCc1cn(Cc2cccc(Cl)c2F)cn1.Cl. The van der Waals surface area contributed by atoms with Gasteiger partial charge >= 0.3 is 0 Å². The van der Waals surface area contributed by atoms with Crippen molar-refractivity contribution < 1.29 is 4.39 Å². The molecule has 3 nitrogen and oxygen atoms in total. The summed E-state index contributed by atoms with van der Waals surface area (Å²) in [6, 6.07) is 5.01. The third-order valence-electron chi connectivity index (χ3n) is 2.43. The number of rotatable bonds is 4. The third kappa shape index (κ3) is 3.45. The maximum absolute atomic E-state index is 13.7. The number of aromatic nitrogens is 2. The van der Waals surface area contributed by atoms with Crippen LogP contribution in [-0.4, -0.2) is 16.6 Å². The molecule has 2 rings (SSSR count). The van der Waals surface area contributed by atoms with E-state index >= 15 is 0 Å². The second kappa shape index (κ2) is 6.73. The summed E-state index contributed by atoms with van der Waals surface area (Å²) in [4.78, 5) is 4.20. The van der Waals surface area contributed by atoms with Gasteiger partial charge in [-0.1, -0.05) is 23.7 Å². The first kappa shape index (κ1) is 15.0. The van der Waals surface area contributed by atoms with Gasteiger partial charge in [0.15, 0.2) is 0 Å². The largest absolute Gasteiger partial charge is 0.333 e. The maximum atomic E-state index is 13.7. The highest BCUT2D eigenvalue weighted by molar-refractivity contribution is 6.30. The molecule has 0 bridgehead atoms. The average molecular weight is 290 g/mol. The van der Waals surface area contributed by atoms with E-state index in [1.807, 2.05) is 17.8 Å². The van der Waals surface area contributed by atoms with Crippen molar-refractivity contribution in [2.45, 2.75) is 13.1 Å². The zero-order chi connectivity index (χ0) is 12.3. The van der Waals surface area contributed by atoms with Crippen LogP contribution >= 0.6 is 24.0 Å². The van der Waals surface area contributed by atoms with Crippen molar-refractivity contribution in [3.63, 3.8) is 0 Å². The molecule has 0 aliphatic heterocycles. The molecule has 0 saturated carbocycles. The predicted molar refractivity (Wildman–Crippen MR) is 72.8 cm³/mol. The highest BCUT2D eigenvalue weighted by Crippen LogP contribution is 2.18. The first-order valence-electron chi connectivity index (χ1n) is 5.29. The van der Waals surface area contributed by atoms with Crippen LogP contribution in [0.4, 0.5) is 4.39 Å². The standard InChI is InChI=1S/C12H13ClFN3.ClH/c1-15-5-10-7-17(8-16-10)6-9-3-2-4-11(13)12(9)14;/h2-4,7-8,15H,5-6H2,1H3;1H. The van der Waals surface area contributed by atoms with E-state index in [1.165, 1.54) is 0 Å². The number of benzene rings is 1. The molecule has 0 fully saturated rings. The van der Waals surface area contributed by atoms with Gasteiger partial charge in [-0.2, -0.15) is 0 Å². The fraction of sp³-hybridized carbons (Fsp3) is 0.250. The van der Waals surface area contributed by atoms with Gasteiger partial charge in [0.1, 0.15) is 5.82 Å². The summed E-state index contributed by atoms with van der Waals surface area (Å²) >= 11 is 5.73. The molecule has 2 aromatic rings. The van der Waals surface area contributed by atoms with Crippen LogP contribution in [0.2, 0.25) is 5.02 Å². The van der Waals surface area contributed by atoms with Gasteiger partial charge in [0.2, 0.25) is 0 Å². The fourth-order valence-electron chi connectivity index (χ4n) is 1.63. The first-order chi connectivity index (χ1) is 8.20. The Hall–Kier alpha value is -1.10. The monoisotopic (exact) mass is 289 g/mol. The number of hydrogen-bond acceptors (Lipinski definition) is 2. The molecule has 1 heterocycles. The van der Waals surface area contributed by atoms with E-state index in [-0.39, 0.29) is 23.2 Å². The average Bonchev–Trinajstić information content (AvgIpc) is 2.73. The summed E-state index contributed by atoms with van der Waals surface area (Å²) < 4.78 is 15.5. The van der Waals surface area contributed by atoms with Gasteiger partial charge in [0, 0.05) is 18.3 Å². The normalized spacial score (nSPS) is 10.2. The molecule has 0 unspecified atom stereocenters. The number of imidazole rings is 1. The lowest BCUT2D eigenvalue weighted by Gasteiger charge is -2.05. The second-order valence-electron chi connectivity index (χ2n) is 3.78. The van der Waals surface area contributed by atoms with Crippen molar-refractivity contribution in [1.82, 2.24) is 14.9 Å². The van der Waals surface area contributed by atoms with Crippen LogP contribution < -0.4 is 5.32 Å². The topological polar surface area (TPSA) is 29.9 Å². The lowest BCUT2D eigenvalue weighted by atomic mass is 10.2. The van der Waals surface area contributed by atoms with E-state index in [2.05, 4.69) is 10.3 Å². The van der Waals surface area contributed by atoms with Gasteiger partial charge in [0.25, 0.3) is 0 Å². The Bertz CT molecular complexity index is 514. The van der Waals surface area contributed by atoms with Gasteiger partial charge in [-0.05, 0) is 13.1 Å². The zero-order valence-corrected chi connectivity index (χ0v) is 11.4. The minimum Gasteiger partial charge on any atom is -0.333 e. The van der Waals surface area contributed by atoms with Gasteiger partial charge in [0.05, 0.1) is 23.6 Å². The Morgan fingerprint density at radius 3 is 2.94 bits per heavy atom. The summed E-state index contributed by atoms with van der Waals surface area (Å²) in [7, 11) is 1.86. The second-order valence-corrected chi connectivity index (χ2v) is 4.19. The Morgan fingerprint density at radius 2 is 2.22 bits per heavy atom. The van der Waals surface area contributed by atoms with E-state index in [9.17, 15) is 4.39 Å². The van der Waals surface area contributed by atoms with Crippen LogP contribution in [0.3, 0.4) is 0 Å². The molecule has 0 aliphatic rings. The first-order valence-corrected chi connectivity index (χ1v) is 5.66. The van der Waals surface area contributed by atoms with Crippen LogP contribution in [0.5, 0.6) is 0 Å². The summed E-state index contributed by atoms with van der Waals surface area (Å²) in [5, 5.41) is 3.16. The number of nitrogens with zero attached hydrogens (tertiary/aromatic N) is 2. The van der Waals surface area contributed by atoms with E-state index in [4.69, 9.17) is 11.6 Å². The maximum Gasteiger partial charge on any atom is 0.146 e. The van der Waals surface area contributed by atoms with Crippen molar-refractivity contribution in [2.75, 3.05) is 7.05 Å². The Labute approximate surface area is 116 Å². The molecule has 18 heavy (non-hydrogen) atoms. The quantitative estimate of drug-likeness (QED) is 0.938. The van der Waals surface area contributed by atoms with Crippen molar-refractivity contribution in [3.05, 3.63) is 52.8 Å². The molecule has 98 valence electrons. The Balaban J connectivity index is 0.00000162. The molecule has 1 aromatic carbocycles. The Kier molecular flexibility index (Phi) is 5.59. The molecular weight excluding hydrogens is 276 g/mol. The molecule has 1 aromatic heterocycles. The minimum atomic E-state index is -0.363. The molecule has 0 aliphatic carbocycles. The molecule has 0 saturated heterocycles. The van der Waals surface area contributed by atoms with Crippen LogP contribution in [0, 0.1) is 5.82 Å². The molecule has 0 radical (unpaired) electrons. The molecule has 0 spiro atoms. The van der Waals surface area contributed by atoms with Gasteiger partial charge in [-0.15, -0.1) is 12.4 Å². The number of halogens is 3.